The molecule has 0 atom stereocenters. The van der Waals surface area contributed by atoms with Gasteiger partial charge in [0.05, 0.1) is 13.3 Å². The zero-order chi connectivity index (χ0) is 15.8. The van der Waals surface area contributed by atoms with Crippen molar-refractivity contribution in [2.24, 2.45) is 0 Å². The van der Waals surface area contributed by atoms with Gasteiger partial charge in [-0.1, -0.05) is 0 Å². The van der Waals surface area contributed by atoms with Gasteiger partial charge < -0.3 is 9.15 Å². The van der Waals surface area contributed by atoms with Crippen molar-refractivity contribution < 1.29 is 22.4 Å². The first kappa shape index (κ1) is 15.1. The van der Waals surface area contributed by atoms with Gasteiger partial charge in [-0.2, -0.15) is 5.10 Å². The molecule has 2 aromatic rings. The summed E-state index contributed by atoms with van der Waals surface area (Å²) < 4.78 is 37.2. The zero-order valence-corrected chi connectivity index (χ0v) is 12.8. The van der Waals surface area contributed by atoms with E-state index < -0.39 is 16.0 Å². The van der Waals surface area contributed by atoms with Crippen LogP contribution < -0.4 is 4.72 Å². The SMILES string of the molecule is COC(=O)c1c(C)oc(C)c1S(=O)(=O)Nc1[nH]ncc1C. The lowest BCUT2D eigenvalue weighted by atomic mass is 10.2. The van der Waals surface area contributed by atoms with Gasteiger partial charge >= 0.3 is 5.97 Å². The predicted molar refractivity (Wildman–Crippen MR) is 73.7 cm³/mol. The number of hydrogen-bond acceptors (Lipinski definition) is 6. The van der Waals surface area contributed by atoms with Crippen LogP contribution in [0.3, 0.4) is 0 Å². The summed E-state index contributed by atoms with van der Waals surface area (Å²) in [4.78, 5) is 11.6. The van der Waals surface area contributed by atoms with E-state index in [1.54, 1.807) is 6.92 Å². The number of hydrogen-bond donors (Lipinski definition) is 2. The Kier molecular flexibility index (Phi) is 3.77. The van der Waals surface area contributed by atoms with Gasteiger partial charge in [0.15, 0.2) is 0 Å². The number of H-pyrrole nitrogens is 1. The van der Waals surface area contributed by atoms with Crippen molar-refractivity contribution in [2.75, 3.05) is 11.8 Å². The number of aryl methyl sites for hydroxylation is 3. The number of nitrogens with zero attached hydrogens (tertiary/aromatic N) is 1. The molecule has 0 aromatic carbocycles. The summed E-state index contributed by atoms with van der Waals surface area (Å²) in [5, 5.41) is 6.27. The van der Waals surface area contributed by atoms with E-state index in [0.717, 1.165) is 0 Å². The Morgan fingerprint density at radius 2 is 2.00 bits per heavy atom. The molecule has 0 unspecified atom stereocenters. The van der Waals surface area contributed by atoms with Gasteiger partial charge in [0.1, 0.15) is 27.8 Å². The lowest BCUT2D eigenvalue weighted by molar-refractivity contribution is 0.0595. The summed E-state index contributed by atoms with van der Waals surface area (Å²) >= 11 is 0. The first-order valence-electron chi connectivity index (χ1n) is 5.99. The van der Waals surface area contributed by atoms with Crippen LogP contribution in [-0.4, -0.2) is 31.7 Å². The number of aromatic amines is 1. The van der Waals surface area contributed by atoms with E-state index in [1.807, 2.05) is 0 Å². The van der Waals surface area contributed by atoms with E-state index in [2.05, 4.69) is 19.7 Å². The van der Waals surface area contributed by atoms with Crippen molar-refractivity contribution in [3.8, 4) is 0 Å². The molecule has 0 aliphatic rings. The number of methoxy groups -OCH3 is 1. The molecule has 0 spiro atoms. The predicted octanol–water partition coefficient (Wildman–Crippen LogP) is 1.52. The molecule has 8 nitrogen and oxygen atoms in total. The van der Waals surface area contributed by atoms with Gasteiger partial charge in [-0.3, -0.25) is 9.82 Å². The minimum Gasteiger partial charge on any atom is -0.465 e. The Morgan fingerprint density at radius 1 is 1.33 bits per heavy atom. The minimum absolute atomic E-state index is 0.109. The zero-order valence-electron chi connectivity index (χ0n) is 12.0. The highest BCUT2D eigenvalue weighted by Gasteiger charge is 2.32. The Balaban J connectivity index is 2.55. The number of rotatable bonds is 4. The highest BCUT2D eigenvalue weighted by atomic mass is 32.2. The molecule has 0 amide bonds. The van der Waals surface area contributed by atoms with Crippen LogP contribution in [0.15, 0.2) is 15.5 Å². The second-order valence-electron chi connectivity index (χ2n) is 4.44. The maximum Gasteiger partial charge on any atom is 0.342 e. The number of carbonyl (C=O) groups is 1. The second kappa shape index (κ2) is 5.24. The van der Waals surface area contributed by atoms with Crippen molar-refractivity contribution in [3.63, 3.8) is 0 Å². The number of esters is 1. The van der Waals surface area contributed by atoms with Crippen LogP contribution in [0.4, 0.5) is 5.82 Å². The Labute approximate surface area is 121 Å². The first-order chi connectivity index (χ1) is 9.77. The van der Waals surface area contributed by atoms with Gasteiger partial charge in [-0.25, -0.2) is 13.2 Å². The normalized spacial score (nSPS) is 11.4. The minimum atomic E-state index is -4.02. The van der Waals surface area contributed by atoms with Crippen LogP contribution in [-0.2, 0) is 14.8 Å². The molecule has 2 aromatic heterocycles. The van der Waals surface area contributed by atoms with E-state index in [9.17, 15) is 13.2 Å². The van der Waals surface area contributed by atoms with Crippen molar-refractivity contribution in [1.82, 2.24) is 10.2 Å². The number of sulfonamides is 1. The maximum atomic E-state index is 12.5. The number of carbonyl (C=O) groups excluding carboxylic acids is 1. The van der Waals surface area contributed by atoms with Crippen molar-refractivity contribution in [1.29, 1.82) is 0 Å². The molecular weight excluding hydrogens is 298 g/mol. The Hall–Kier alpha value is -2.29. The molecule has 9 heteroatoms. The van der Waals surface area contributed by atoms with Crippen LogP contribution in [0.1, 0.15) is 27.4 Å². The lowest BCUT2D eigenvalue weighted by Crippen LogP contribution is -2.18. The third-order valence-corrected chi connectivity index (χ3v) is 4.43. The standard InChI is InChI=1S/C12H15N3O5S/c1-6-5-13-14-11(6)15-21(17,18)10-8(3)20-7(2)9(10)12(16)19-4/h5H,1-4H3,(H2,13,14,15). The molecule has 0 aliphatic carbocycles. The molecule has 0 saturated heterocycles. The third-order valence-electron chi connectivity index (χ3n) is 2.93. The van der Waals surface area contributed by atoms with E-state index in [0.29, 0.717) is 5.56 Å². The number of aromatic nitrogens is 2. The smallest absolute Gasteiger partial charge is 0.342 e. The van der Waals surface area contributed by atoms with E-state index in [1.165, 1.54) is 27.2 Å². The van der Waals surface area contributed by atoms with Gasteiger partial charge in [0.2, 0.25) is 0 Å². The van der Waals surface area contributed by atoms with Crippen LogP contribution in [0.25, 0.3) is 0 Å². The van der Waals surface area contributed by atoms with Gasteiger partial charge in [0, 0.05) is 5.56 Å². The average Bonchev–Trinajstić information content (AvgIpc) is 2.92. The molecule has 0 aliphatic heterocycles. The third kappa shape index (κ3) is 2.64. The monoisotopic (exact) mass is 313 g/mol. The summed E-state index contributed by atoms with van der Waals surface area (Å²) in [7, 11) is -2.84. The van der Waals surface area contributed by atoms with Crippen molar-refractivity contribution in [2.45, 2.75) is 25.7 Å². The Bertz CT molecular complexity index is 788. The largest absolute Gasteiger partial charge is 0.465 e. The van der Waals surface area contributed by atoms with Gasteiger partial charge in [-0.05, 0) is 20.8 Å². The fraction of sp³-hybridized carbons (Fsp3) is 0.333. The Morgan fingerprint density at radius 3 is 2.52 bits per heavy atom. The molecule has 114 valence electrons. The molecule has 21 heavy (non-hydrogen) atoms. The lowest BCUT2D eigenvalue weighted by Gasteiger charge is -2.08. The van der Waals surface area contributed by atoms with Gasteiger partial charge in [-0.15, -0.1) is 0 Å². The van der Waals surface area contributed by atoms with Crippen LogP contribution in [0.2, 0.25) is 0 Å². The summed E-state index contributed by atoms with van der Waals surface area (Å²) in [5.74, 6) is -0.256. The number of nitrogens with one attached hydrogen (secondary N) is 2. The quantitative estimate of drug-likeness (QED) is 0.827. The number of furan rings is 1. The van der Waals surface area contributed by atoms with Gasteiger partial charge in [0.25, 0.3) is 10.0 Å². The fourth-order valence-electron chi connectivity index (χ4n) is 1.96. The number of anilines is 1. The summed E-state index contributed by atoms with van der Waals surface area (Å²) in [6.45, 7) is 4.66. The molecule has 2 heterocycles. The number of ether oxygens (including phenoxy) is 1. The molecule has 0 radical (unpaired) electrons. The van der Waals surface area contributed by atoms with Crippen LogP contribution in [0.5, 0.6) is 0 Å². The van der Waals surface area contributed by atoms with Crippen LogP contribution >= 0.6 is 0 Å². The molecule has 2 N–H and O–H groups in total. The summed E-state index contributed by atoms with van der Waals surface area (Å²) in [6, 6.07) is 0. The molecule has 0 fully saturated rings. The topological polar surface area (TPSA) is 114 Å². The second-order valence-corrected chi connectivity index (χ2v) is 6.06. The fourth-order valence-corrected chi connectivity index (χ4v) is 3.45. The summed E-state index contributed by atoms with van der Waals surface area (Å²) in [5.41, 5.74) is 0.510. The maximum absolute atomic E-state index is 12.5. The average molecular weight is 313 g/mol. The molecule has 2 rings (SSSR count). The van der Waals surface area contributed by atoms with E-state index in [-0.39, 0.29) is 27.8 Å². The first-order valence-corrected chi connectivity index (χ1v) is 7.47. The van der Waals surface area contributed by atoms with Crippen LogP contribution in [0, 0.1) is 20.8 Å². The highest BCUT2D eigenvalue weighted by Crippen LogP contribution is 2.29. The highest BCUT2D eigenvalue weighted by molar-refractivity contribution is 7.92. The molecular formula is C12H15N3O5S. The van der Waals surface area contributed by atoms with Crippen molar-refractivity contribution >= 4 is 21.8 Å². The van der Waals surface area contributed by atoms with E-state index >= 15 is 0 Å². The summed E-state index contributed by atoms with van der Waals surface area (Å²) in [6.07, 6.45) is 1.48. The molecule has 0 saturated carbocycles. The van der Waals surface area contributed by atoms with E-state index in [4.69, 9.17) is 4.42 Å². The van der Waals surface area contributed by atoms with Crippen molar-refractivity contribution in [3.05, 3.63) is 28.8 Å². The molecule has 0 bridgehead atoms.